The van der Waals surface area contributed by atoms with Crippen LogP contribution >= 0.6 is 91.3 Å². The summed E-state index contributed by atoms with van der Waals surface area (Å²) in [6.07, 6.45) is 0. The number of benzene rings is 4. The summed E-state index contributed by atoms with van der Waals surface area (Å²) in [5.74, 6) is -3.38. The number of carbonyl (C=O) groups excluding carboxylic acids is 5. The van der Waals surface area contributed by atoms with Gasteiger partial charge in [-0.25, -0.2) is 9.80 Å². The molecular formula is C30H14Br5ClN2O6. The molecule has 222 valence electrons. The molecule has 1 aliphatic rings. The van der Waals surface area contributed by atoms with Crippen molar-refractivity contribution in [1.29, 1.82) is 0 Å². The lowest BCUT2D eigenvalue weighted by Gasteiger charge is -2.29. The average molecular weight is 933 g/mol. The van der Waals surface area contributed by atoms with Crippen molar-refractivity contribution in [1.82, 2.24) is 10.0 Å². The molecule has 0 atom stereocenters. The molecule has 0 N–H and O–H groups in total. The van der Waals surface area contributed by atoms with Gasteiger partial charge in [0.25, 0.3) is 17.7 Å². The van der Waals surface area contributed by atoms with Gasteiger partial charge in [0.2, 0.25) is 0 Å². The Morgan fingerprint density at radius 2 is 1.14 bits per heavy atom. The van der Waals surface area contributed by atoms with Gasteiger partial charge in [0, 0.05) is 38.5 Å². The van der Waals surface area contributed by atoms with E-state index in [4.69, 9.17) is 16.3 Å². The molecule has 4 aromatic rings. The zero-order chi connectivity index (χ0) is 31.9. The fourth-order valence-electron chi connectivity index (χ4n) is 4.22. The Morgan fingerprint density at radius 1 is 0.659 bits per heavy atom. The van der Waals surface area contributed by atoms with Crippen LogP contribution in [0.1, 0.15) is 51.8 Å². The third-order valence-electron chi connectivity index (χ3n) is 6.41. The molecule has 0 saturated carbocycles. The summed E-state index contributed by atoms with van der Waals surface area (Å²) in [6, 6.07) is 18.1. The van der Waals surface area contributed by atoms with Gasteiger partial charge in [-0.3, -0.25) is 19.2 Å². The fourth-order valence-corrected chi connectivity index (χ4v) is 7.07. The summed E-state index contributed by atoms with van der Waals surface area (Å²) in [4.78, 5) is 67.2. The number of rotatable bonds is 7. The van der Waals surface area contributed by atoms with Crippen molar-refractivity contribution in [3.63, 3.8) is 0 Å². The number of imide groups is 1. The minimum absolute atomic E-state index is 0.00949. The third kappa shape index (κ3) is 6.35. The van der Waals surface area contributed by atoms with E-state index in [1.807, 2.05) is 0 Å². The molecule has 0 radical (unpaired) electrons. The first-order valence-corrected chi connectivity index (χ1v) is 16.7. The molecule has 3 amide bonds. The largest absolute Gasteiger partial charge is 0.423 e. The molecule has 0 bridgehead atoms. The molecule has 1 heterocycles. The molecular weight excluding hydrogens is 919 g/mol. The van der Waals surface area contributed by atoms with Crippen molar-refractivity contribution in [3.8, 4) is 5.75 Å². The van der Waals surface area contributed by atoms with Gasteiger partial charge in [-0.05, 0) is 137 Å². The van der Waals surface area contributed by atoms with E-state index in [1.54, 1.807) is 24.3 Å². The van der Waals surface area contributed by atoms with E-state index < -0.39 is 36.0 Å². The van der Waals surface area contributed by atoms with E-state index in [2.05, 4.69) is 79.6 Å². The highest BCUT2D eigenvalue weighted by Gasteiger charge is 2.46. The second kappa shape index (κ2) is 13.4. The molecule has 0 aromatic heterocycles. The lowest BCUT2D eigenvalue weighted by Crippen LogP contribution is -2.51. The highest BCUT2D eigenvalue weighted by atomic mass is 79.9. The van der Waals surface area contributed by atoms with Crippen LogP contribution < -0.4 is 4.74 Å². The van der Waals surface area contributed by atoms with E-state index in [9.17, 15) is 24.0 Å². The maximum atomic E-state index is 13.8. The lowest BCUT2D eigenvalue weighted by atomic mass is 10.1. The Morgan fingerprint density at radius 3 is 1.66 bits per heavy atom. The topological polar surface area (TPSA) is 101 Å². The average Bonchev–Trinajstić information content (AvgIpc) is 3.27. The number of carbonyl (C=O) groups is 5. The molecule has 14 heteroatoms. The van der Waals surface area contributed by atoms with Crippen molar-refractivity contribution >= 4 is 121 Å². The fraction of sp³-hybridized carbons (Fsp3) is 0.0333. The van der Waals surface area contributed by atoms with Gasteiger partial charge in [-0.15, -0.1) is 0 Å². The molecule has 0 spiro atoms. The van der Waals surface area contributed by atoms with Gasteiger partial charge in [0.15, 0.2) is 5.78 Å². The number of hydrogen-bond acceptors (Lipinski definition) is 6. The maximum absolute atomic E-state index is 13.8. The Balaban J connectivity index is 1.45. The number of ether oxygens (including phenoxy) is 1. The number of halogens is 6. The Labute approximate surface area is 297 Å². The third-order valence-corrected chi connectivity index (χ3v) is 12.0. The van der Waals surface area contributed by atoms with Crippen LogP contribution in [0.2, 0.25) is 5.02 Å². The van der Waals surface area contributed by atoms with E-state index in [-0.39, 0.29) is 28.0 Å². The summed E-state index contributed by atoms with van der Waals surface area (Å²) in [5, 5.41) is 1.83. The molecule has 0 unspecified atom stereocenters. The standard InChI is InChI=1S/C30H14Br5ClN2O6/c31-17-7-1-16(2-8-17)30(43)44-19-11-5-14(6-12-19)20(39)13-37(27(40)15-3-9-18(36)10-4-15)38-28(41)21-22(29(38)42)24(33)26(35)25(34)23(21)32/h1-12H,13H2. The zero-order valence-electron chi connectivity index (χ0n) is 21.7. The van der Waals surface area contributed by atoms with Crippen molar-refractivity contribution in [2.45, 2.75) is 0 Å². The van der Waals surface area contributed by atoms with Crippen LogP contribution in [0.3, 0.4) is 0 Å². The quantitative estimate of drug-likeness (QED) is 0.0459. The molecule has 4 aromatic carbocycles. The Kier molecular flexibility index (Phi) is 9.93. The number of nitrogens with zero attached hydrogens (tertiary/aromatic N) is 2. The minimum Gasteiger partial charge on any atom is -0.423 e. The van der Waals surface area contributed by atoms with Gasteiger partial charge in [0.1, 0.15) is 12.3 Å². The van der Waals surface area contributed by atoms with Gasteiger partial charge < -0.3 is 4.74 Å². The maximum Gasteiger partial charge on any atom is 0.343 e. The number of amides is 3. The number of esters is 1. The number of hydrogen-bond donors (Lipinski definition) is 0. The first kappa shape index (κ1) is 32.7. The zero-order valence-corrected chi connectivity index (χ0v) is 30.4. The molecule has 0 saturated heterocycles. The molecule has 8 nitrogen and oxygen atoms in total. The van der Waals surface area contributed by atoms with Crippen LogP contribution in [0.15, 0.2) is 95.2 Å². The number of Topliss-reactive ketones (excluding diaryl/α,β-unsaturated/α-hetero) is 1. The van der Waals surface area contributed by atoms with Gasteiger partial charge >= 0.3 is 5.97 Å². The van der Waals surface area contributed by atoms with Gasteiger partial charge in [0.05, 0.1) is 16.7 Å². The molecule has 44 heavy (non-hydrogen) atoms. The van der Waals surface area contributed by atoms with Crippen molar-refractivity contribution < 1.29 is 28.7 Å². The molecule has 0 fully saturated rings. The predicted molar refractivity (Wildman–Crippen MR) is 180 cm³/mol. The summed E-state index contributed by atoms with van der Waals surface area (Å²) < 4.78 is 7.73. The van der Waals surface area contributed by atoms with Crippen LogP contribution in [0.4, 0.5) is 0 Å². The first-order chi connectivity index (χ1) is 20.9. The van der Waals surface area contributed by atoms with Crippen LogP contribution in [0.5, 0.6) is 5.75 Å². The predicted octanol–water partition coefficient (Wildman–Crippen LogP) is 8.91. The normalized spacial score (nSPS) is 12.3. The van der Waals surface area contributed by atoms with Crippen LogP contribution in [-0.4, -0.2) is 46.0 Å². The molecule has 5 rings (SSSR count). The van der Waals surface area contributed by atoms with Crippen molar-refractivity contribution in [3.05, 3.63) is 128 Å². The SMILES string of the molecule is O=C(CN(C(=O)c1ccc(Cl)cc1)N1C(=O)c2c(Br)c(Br)c(Br)c(Br)c2C1=O)c1ccc(OC(=O)c2ccc(Br)cc2)cc1. The monoisotopic (exact) mass is 928 g/mol. The van der Waals surface area contributed by atoms with E-state index >= 15 is 0 Å². The van der Waals surface area contributed by atoms with Crippen LogP contribution in [0, 0.1) is 0 Å². The minimum atomic E-state index is -0.809. The highest BCUT2D eigenvalue weighted by molar-refractivity contribution is 9.15. The van der Waals surface area contributed by atoms with Gasteiger partial charge in [-0.1, -0.05) is 27.5 Å². The van der Waals surface area contributed by atoms with E-state index in [1.165, 1.54) is 48.5 Å². The Hall–Kier alpha value is -2.68. The second-order valence-electron chi connectivity index (χ2n) is 9.14. The second-order valence-corrected chi connectivity index (χ2v) is 13.7. The van der Waals surface area contributed by atoms with Crippen molar-refractivity contribution in [2.75, 3.05) is 6.54 Å². The summed E-state index contributed by atoms with van der Waals surface area (Å²) in [7, 11) is 0. The summed E-state index contributed by atoms with van der Waals surface area (Å²) in [5.41, 5.74) is 0.592. The first-order valence-electron chi connectivity index (χ1n) is 12.3. The number of fused-ring (bicyclic) bond motifs is 1. The van der Waals surface area contributed by atoms with Gasteiger partial charge in [-0.2, -0.15) is 5.01 Å². The van der Waals surface area contributed by atoms with E-state index in [0.717, 1.165) is 9.48 Å². The van der Waals surface area contributed by atoms with Crippen LogP contribution in [0.25, 0.3) is 0 Å². The number of ketones is 1. The Bertz CT molecular complexity index is 1820. The van der Waals surface area contributed by atoms with Crippen molar-refractivity contribution in [2.24, 2.45) is 0 Å². The highest BCUT2D eigenvalue weighted by Crippen LogP contribution is 2.45. The number of hydrazine groups is 1. The van der Waals surface area contributed by atoms with E-state index in [0.29, 0.717) is 33.5 Å². The summed E-state index contributed by atoms with van der Waals surface area (Å²) in [6.45, 7) is -0.664. The lowest BCUT2D eigenvalue weighted by molar-refractivity contribution is 0.00526. The smallest absolute Gasteiger partial charge is 0.343 e. The van der Waals surface area contributed by atoms with Crippen LogP contribution in [-0.2, 0) is 0 Å². The molecule has 0 aliphatic carbocycles. The molecule has 1 aliphatic heterocycles. The summed E-state index contributed by atoms with van der Waals surface area (Å²) >= 11 is 22.8.